The minimum Gasteiger partial charge on any atom is -0.465 e. The molecule has 3 rings (SSSR count). The number of fused-ring (bicyclic) bond motifs is 1. The lowest BCUT2D eigenvalue weighted by atomic mass is 9.92. The van der Waals surface area contributed by atoms with Gasteiger partial charge in [0.15, 0.2) is 5.16 Å². The van der Waals surface area contributed by atoms with Gasteiger partial charge in [0.2, 0.25) is 0 Å². The van der Waals surface area contributed by atoms with Crippen LogP contribution in [0.1, 0.15) is 36.7 Å². The molecule has 0 N–H and O–H groups in total. The Balaban J connectivity index is 2.10. The molecular weight excluding hydrogens is 436 g/mol. The molecule has 162 valence electrons. The summed E-state index contributed by atoms with van der Waals surface area (Å²) in [5, 5.41) is 1.40. The Morgan fingerprint density at radius 1 is 1.13 bits per heavy atom. The number of methoxy groups -OCH3 is 1. The van der Waals surface area contributed by atoms with Gasteiger partial charge in [-0.25, -0.2) is 9.78 Å². The summed E-state index contributed by atoms with van der Waals surface area (Å²) in [4.78, 5) is 42.3. The van der Waals surface area contributed by atoms with Crippen LogP contribution in [0.5, 0.6) is 0 Å². The topological polar surface area (TPSA) is 78.3 Å². The minimum atomic E-state index is -0.508. The zero-order valence-corrected chi connectivity index (χ0v) is 19.3. The smallest absolute Gasteiger partial charge is 0.337 e. The molecule has 0 aliphatic heterocycles. The number of nitrogens with zero attached hydrogens (tertiary/aromatic N) is 2. The molecule has 0 radical (unpaired) electrons. The van der Waals surface area contributed by atoms with Gasteiger partial charge in [0.1, 0.15) is 5.78 Å². The first-order valence-corrected chi connectivity index (χ1v) is 11.0. The maximum atomic E-state index is 13.3. The molecule has 1 aromatic heterocycles. The van der Waals surface area contributed by atoms with Gasteiger partial charge in [-0.15, -0.1) is 0 Å². The number of halogens is 1. The maximum Gasteiger partial charge on any atom is 0.337 e. The molecule has 1 heterocycles. The van der Waals surface area contributed by atoms with E-state index in [4.69, 9.17) is 16.3 Å². The van der Waals surface area contributed by atoms with E-state index in [9.17, 15) is 14.4 Å². The molecule has 0 unspecified atom stereocenters. The average molecular weight is 459 g/mol. The van der Waals surface area contributed by atoms with Crippen LogP contribution in [0.4, 0.5) is 0 Å². The Morgan fingerprint density at radius 3 is 2.42 bits per heavy atom. The SMILES string of the molecule is COC(=O)c1ccc2c(=O)n(Cc3ccc(Cl)cc3)c(SCC(=O)C(C)(C)C)nc2c1. The Kier molecular flexibility index (Phi) is 6.86. The van der Waals surface area contributed by atoms with Gasteiger partial charge in [-0.1, -0.05) is 56.3 Å². The summed E-state index contributed by atoms with van der Waals surface area (Å²) in [6.45, 7) is 5.84. The number of carbonyl (C=O) groups is 2. The van der Waals surface area contributed by atoms with Crippen molar-refractivity contribution in [3.8, 4) is 0 Å². The number of Topliss-reactive ketones (excluding diaryl/α,β-unsaturated/α-hetero) is 1. The highest BCUT2D eigenvalue weighted by molar-refractivity contribution is 7.99. The van der Waals surface area contributed by atoms with E-state index in [0.29, 0.717) is 26.6 Å². The zero-order valence-electron chi connectivity index (χ0n) is 17.8. The number of hydrogen-bond donors (Lipinski definition) is 0. The van der Waals surface area contributed by atoms with Crippen LogP contribution >= 0.6 is 23.4 Å². The van der Waals surface area contributed by atoms with E-state index in [1.807, 2.05) is 32.9 Å². The molecule has 0 bridgehead atoms. The Morgan fingerprint density at radius 2 is 1.81 bits per heavy atom. The normalized spacial score (nSPS) is 11.5. The fourth-order valence-electron chi connectivity index (χ4n) is 2.81. The predicted molar refractivity (Wildman–Crippen MR) is 123 cm³/mol. The van der Waals surface area contributed by atoms with Crippen molar-refractivity contribution in [3.05, 3.63) is 69.0 Å². The van der Waals surface area contributed by atoms with Crippen molar-refractivity contribution >= 4 is 46.0 Å². The van der Waals surface area contributed by atoms with E-state index in [2.05, 4.69) is 4.98 Å². The van der Waals surface area contributed by atoms with E-state index < -0.39 is 11.4 Å². The molecule has 0 amide bonds. The van der Waals surface area contributed by atoms with Crippen molar-refractivity contribution in [2.24, 2.45) is 5.41 Å². The summed E-state index contributed by atoms with van der Waals surface area (Å²) in [7, 11) is 1.30. The first-order chi connectivity index (χ1) is 14.6. The van der Waals surface area contributed by atoms with Crippen LogP contribution in [0, 0.1) is 5.41 Å². The predicted octanol–water partition coefficient (Wildman–Crippen LogP) is 4.59. The van der Waals surface area contributed by atoms with Crippen LogP contribution in [0.15, 0.2) is 52.4 Å². The second-order valence-corrected chi connectivity index (χ2v) is 9.48. The third-order valence-corrected chi connectivity index (χ3v) is 5.99. The quantitative estimate of drug-likeness (QED) is 0.305. The number of ether oxygens (including phenoxy) is 1. The van der Waals surface area contributed by atoms with Gasteiger partial charge < -0.3 is 4.74 Å². The highest BCUT2D eigenvalue weighted by Gasteiger charge is 2.22. The summed E-state index contributed by atoms with van der Waals surface area (Å²) in [5.41, 5.74) is 0.818. The monoisotopic (exact) mass is 458 g/mol. The summed E-state index contributed by atoms with van der Waals surface area (Å²) >= 11 is 7.19. The number of rotatable bonds is 6. The highest BCUT2D eigenvalue weighted by Crippen LogP contribution is 2.24. The van der Waals surface area contributed by atoms with Crippen molar-refractivity contribution in [1.82, 2.24) is 9.55 Å². The molecular formula is C23H23ClN2O4S. The lowest BCUT2D eigenvalue weighted by Gasteiger charge is -2.17. The van der Waals surface area contributed by atoms with Gasteiger partial charge in [0.25, 0.3) is 5.56 Å². The number of aromatic nitrogens is 2. The van der Waals surface area contributed by atoms with Gasteiger partial charge in [-0.05, 0) is 35.9 Å². The fourth-order valence-corrected chi connectivity index (χ4v) is 4.10. The van der Waals surface area contributed by atoms with Crippen LogP contribution in [0.3, 0.4) is 0 Å². The summed E-state index contributed by atoms with van der Waals surface area (Å²) in [6.07, 6.45) is 0. The zero-order chi connectivity index (χ0) is 22.8. The molecule has 0 aliphatic carbocycles. The van der Waals surface area contributed by atoms with Gasteiger partial charge in [0.05, 0.1) is 35.9 Å². The summed E-state index contributed by atoms with van der Waals surface area (Å²) in [5.74, 6) is -0.280. The van der Waals surface area contributed by atoms with E-state index in [1.165, 1.54) is 24.9 Å². The van der Waals surface area contributed by atoms with Crippen molar-refractivity contribution in [2.75, 3.05) is 12.9 Å². The third kappa shape index (κ3) is 5.35. The first kappa shape index (κ1) is 23.0. The van der Waals surface area contributed by atoms with Crippen LogP contribution in [-0.4, -0.2) is 34.2 Å². The van der Waals surface area contributed by atoms with Gasteiger partial charge in [-0.2, -0.15) is 0 Å². The highest BCUT2D eigenvalue weighted by atomic mass is 35.5. The van der Waals surface area contributed by atoms with Gasteiger partial charge in [-0.3, -0.25) is 14.2 Å². The van der Waals surface area contributed by atoms with Crippen LogP contribution < -0.4 is 5.56 Å². The van der Waals surface area contributed by atoms with E-state index in [1.54, 1.807) is 28.8 Å². The second-order valence-electron chi connectivity index (χ2n) is 8.10. The molecule has 2 aromatic carbocycles. The van der Waals surface area contributed by atoms with Crippen molar-refractivity contribution in [2.45, 2.75) is 32.5 Å². The first-order valence-electron chi connectivity index (χ1n) is 9.63. The minimum absolute atomic E-state index is 0.0493. The molecule has 0 saturated heterocycles. The third-order valence-electron chi connectivity index (χ3n) is 4.76. The molecule has 31 heavy (non-hydrogen) atoms. The summed E-state index contributed by atoms with van der Waals surface area (Å²) in [6, 6.07) is 11.8. The van der Waals surface area contributed by atoms with E-state index >= 15 is 0 Å². The lowest BCUT2D eigenvalue weighted by molar-refractivity contribution is -0.123. The van der Waals surface area contributed by atoms with Gasteiger partial charge >= 0.3 is 5.97 Å². The molecule has 0 saturated carbocycles. The van der Waals surface area contributed by atoms with E-state index in [-0.39, 0.29) is 23.6 Å². The van der Waals surface area contributed by atoms with Crippen molar-refractivity contribution < 1.29 is 14.3 Å². The number of carbonyl (C=O) groups excluding carboxylic acids is 2. The number of hydrogen-bond acceptors (Lipinski definition) is 6. The van der Waals surface area contributed by atoms with E-state index in [0.717, 1.165) is 5.56 Å². The van der Waals surface area contributed by atoms with Crippen molar-refractivity contribution in [3.63, 3.8) is 0 Å². The summed E-state index contributed by atoms with van der Waals surface area (Å²) < 4.78 is 6.31. The number of thioether (sulfide) groups is 1. The molecule has 0 atom stereocenters. The van der Waals surface area contributed by atoms with Crippen LogP contribution in [0.2, 0.25) is 5.02 Å². The Hall–Kier alpha value is -2.64. The van der Waals surface area contributed by atoms with Crippen LogP contribution in [0.25, 0.3) is 10.9 Å². The number of esters is 1. The number of ketones is 1. The number of benzene rings is 2. The second kappa shape index (κ2) is 9.24. The Labute approximate surface area is 189 Å². The maximum absolute atomic E-state index is 13.3. The fraction of sp³-hybridized carbons (Fsp3) is 0.304. The largest absolute Gasteiger partial charge is 0.465 e. The van der Waals surface area contributed by atoms with Crippen LogP contribution in [-0.2, 0) is 16.1 Å². The average Bonchev–Trinajstić information content (AvgIpc) is 2.74. The molecule has 0 fully saturated rings. The molecule has 3 aromatic rings. The standard InChI is InChI=1S/C23H23ClN2O4S/c1-23(2,3)19(27)13-31-22-25-18-11-15(21(29)30-4)7-10-17(18)20(28)26(22)12-14-5-8-16(24)9-6-14/h5-11H,12-13H2,1-4H3. The molecule has 6 nitrogen and oxygen atoms in total. The Bertz CT molecular complexity index is 1200. The molecule has 8 heteroatoms. The van der Waals surface area contributed by atoms with Crippen molar-refractivity contribution in [1.29, 1.82) is 0 Å². The lowest BCUT2D eigenvalue weighted by Crippen LogP contribution is -2.26. The van der Waals surface area contributed by atoms with Gasteiger partial charge in [0, 0.05) is 10.4 Å². The molecule has 0 spiro atoms. The molecule has 0 aliphatic rings.